The number of nitrogens with one attached hydrogen (secondary N) is 2. The van der Waals surface area contributed by atoms with Gasteiger partial charge in [0.25, 0.3) is 0 Å². The molecule has 0 aliphatic rings. The van der Waals surface area contributed by atoms with Gasteiger partial charge in [-0.25, -0.2) is 0 Å². The van der Waals surface area contributed by atoms with Crippen molar-refractivity contribution in [3.05, 3.63) is 11.8 Å². The minimum absolute atomic E-state index is 0.0106. The van der Waals surface area contributed by atoms with Gasteiger partial charge in [-0.15, -0.1) is 0 Å². The van der Waals surface area contributed by atoms with E-state index in [2.05, 4.69) is 15.5 Å². The molecule has 1 unspecified atom stereocenters. The second kappa shape index (κ2) is 6.27. The fourth-order valence-electron chi connectivity index (χ4n) is 1.54. The average molecular weight is 225 g/mol. The summed E-state index contributed by atoms with van der Waals surface area (Å²) in [7, 11) is 1.64. The van der Waals surface area contributed by atoms with Gasteiger partial charge in [0.05, 0.1) is 6.20 Å². The Kier molecular flexibility index (Phi) is 4.98. The second-order valence-electron chi connectivity index (χ2n) is 3.94. The number of carbonyl (C=O) groups excluding carboxylic acids is 1. The summed E-state index contributed by atoms with van der Waals surface area (Å²) in [6.07, 6.45) is 3.03. The van der Waals surface area contributed by atoms with E-state index < -0.39 is 0 Å². The van der Waals surface area contributed by atoms with Gasteiger partial charge >= 0.3 is 0 Å². The molecular formula is C11H19N3O2. The summed E-state index contributed by atoms with van der Waals surface area (Å²) in [5.41, 5.74) is 1.02. The Balaban J connectivity index is 2.45. The molecular weight excluding hydrogens is 206 g/mol. The first kappa shape index (κ1) is 12.7. The van der Waals surface area contributed by atoms with Crippen LogP contribution in [0.4, 0.5) is 5.82 Å². The van der Waals surface area contributed by atoms with Crippen LogP contribution in [-0.2, 0) is 16.0 Å². The number of hydrogen-bond donors (Lipinski definition) is 2. The zero-order chi connectivity index (χ0) is 12.0. The normalized spacial score (nSPS) is 12.4. The topological polar surface area (TPSA) is 67.0 Å². The molecule has 16 heavy (non-hydrogen) atoms. The van der Waals surface area contributed by atoms with Crippen LogP contribution in [0.1, 0.15) is 25.8 Å². The van der Waals surface area contributed by atoms with Gasteiger partial charge in [0.15, 0.2) is 0 Å². The molecule has 0 saturated carbocycles. The third-order valence-electron chi connectivity index (χ3n) is 2.35. The van der Waals surface area contributed by atoms with Crippen LogP contribution in [0.5, 0.6) is 0 Å². The first-order valence-electron chi connectivity index (χ1n) is 5.48. The van der Waals surface area contributed by atoms with Crippen LogP contribution >= 0.6 is 0 Å². The largest absolute Gasteiger partial charge is 0.384 e. The number of amides is 1. The molecule has 0 spiro atoms. The van der Waals surface area contributed by atoms with E-state index in [9.17, 15) is 4.79 Å². The number of methoxy groups -OCH3 is 1. The summed E-state index contributed by atoms with van der Waals surface area (Å²) in [6, 6.07) is 0. The predicted molar refractivity (Wildman–Crippen MR) is 62.3 cm³/mol. The lowest BCUT2D eigenvalue weighted by atomic mass is 10.1. The molecule has 0 aromatic carbocycles. The van der Waals surface area contributed by atoms with Crippen molar-refractivity contribution in [3.63, 3.8) is 0 Å². The zero-order valence-electron chi connectivity index (χ0n) is 10.0. The molecule has 1 amide bonds. The minimum Gasteiger partial charge on any atom is -0.384 e. The first-order chi connectivity index (χ1) is 7.67. The molecule has 0 bridgehead atoms. The summed E-state index contributed by atoms with van der Waals surface area (Å²) in [5.74, 6) is 0.915. The Morgan fingerprint density at radius 1 is 1.69 bits per heavy atom. The van der Waals surface area contributed by atoms with Gasteiger partial charge in [0.1, 0.15) is 5.82 Å². The maximum Gasteiger partial charge on any atom is 0.225 e. The van der Waals surface area contributed by atoms with Crippen molar-refractivity contribution in [2.45, 2.75) is 26.7 Å². The van der Waals surface area contributed by atoms with Gasteiger partial charge in [-0.2, -0.15) is 5.10 Å². The molecule has 5 nitrogen and oxygen atoms in total. The zero-order valence-corrected chi connectivity index (χ0v) is 10.0. The second-order valence-corrected chi connectivity index (χ2v) is 3.94. The lowest BCUT2D eigenvalue weighted by Gasteiger charge is -2.10. The molecule has 5 heteroatoms. The Bertz CT molecular complexity index is 336. The number of rotatable bonds is 6. The van der Waals surface area contributed by atoms with E-state index in [4.69, 9.17) is 4.74 Å². The summed E-state index contributed by atoms with van der Waals surface area (Å²) in [4.78, 5) is 11.6. The number of anilines is 1. The predicted octanol–water partition coefficient (Wildman–Crippen LogP) is 1.58. The Hall–Kier alpha value is -1.36. The van der Waals surface area contributed by atoms with E-state index in [0.29, 0.717) is 18.8 Å². The molecule has 0 aliphatic heterocycles. The number of aromatic amines is 1. The van der Waals surface area contributed by atoms with Gasteiger partial charge in [0.2, 0.25) is 5.91 Å². The third kappa shape index (κ3) is 3.66. The van der Waals surface area contributed by atoms with Gasteiger partial charge < -0.3 is 10.1 Å². The van der Waals surface area contributed by atoms with Crippen LogP contribution < -0.4 is 5.32 Å². The first-order valence-corrected chi connectivity index (χ1v) is 5.48. The van der Waals surface area contributed by atoms with E-state index in [-0.39, 0.29) is 11.8 Å². The van der Waals surface area contributed by atoms with Crippen molar-refractivity contribution in [2.24, 2.45) is 5.92 Å². The number of carbonyl (C=O) groups is 1. The van der Waals surface area contributed by atoms with Gasteiger partial charge in [0, 0.05) is 25.7 Å². The Morgan fingerprint density at radius 2 is 2.44 bits per heavy atom. The summed E-state index contributed by atoms with van der Waals surface area (Å²) >= 11 is 0. The Morgan fingerprint density at radius 3 is 3.06 bits per heavy atom. The average Bonchev–Trinajstić information content (AvgIpc) is 2.65. The maximum atomic E-state index is 11.6. The molecule has 1 heterocycles. The molecule has 2 N–H and O–H groups in total. The quantitative estimate of drug-likeness (QED) is 0.772. The van der Waals surface area contributed by atoms with E-state index in [1.807, 2.05) is 13.8 Å². The van der Waals surface area contributed by atoms with Crippen LogP contribution in [0.25, 0.3) is 0 Å². The number of ether oxygens (including phenoxy) is 1. The van der Waals surface area contributed by atoms with Crippen molar-refractivity contribution in [1.29, 1.82) is 0 Å². The smallest absolute Gasteiger partial charge is 0.225 e. The molecule has 1 aromatic heterocycles. The lowest BCUT2D eigenvalue weighted by Crippen LogP contribution is -2.18. The van der Waals surface area contributed by atoms with E-state index in [0.717, 1.165) is 12.0 Å². The van der Waals surface area contributed by atoms with E-state index in [1.165, 1.54) is 0 Å². The molecule has 0 saturated heterocycles. The van der Waals surface area contributed by atoms with Crippen LogP contribution in [0.3, 0.4) is 0 Å². The highest BCUT2D eigenvalue weighted by molar-refractivity contribution is 5.90. The maximum absolute atomic E-state index is 11.6. The fraction of sp³-hybridized carbons (Fsp3) is 0.636. The van der Waals surface area contributed by atoms with Crippen molar-refractivity contribution >= 4 is 11.7 Å². The van der Waals surface area contributed by atoms with Crippen molar-refractivity contribution in [2.75, 3.05) is 19.0 Å². The van der Waals surface area contributed by atoms with Gasteiger partial charge in [-0.05, 0) is 12.3 Å². The SMILES string of the molecule is CCc1cn[nH]c1NC(=O)CC(C)COC. The number of hydrogen-bond acceptors (Lipinski definition) is 3. The number of H-pyrrole nitrogens is 1. The number of aryl methyl sites for hydroxylation is 1. The molecule has 0 aliphatic carbocycles. The number of nitrogens with zero attached hydrogens (tertiary/aromatic N) is 1. The summed E-state index contributed by atoms with van der Waals surface area (Å²) in [5, 5.41) is 9.49. The van der Waals surface area contributed by atoms with Crippen LogP contribution in [-0.4, -0.2) is 29.8 Å². The molecule has 0 radical (unpaired) electrons. The molecule has 1 rings (SSSR count). The van der Waals surface area contributed by atoms with Gasteiger partial charge in [-0.3, -0.25) is 9.89 Å². The van der Waals surface area contributed by atoms with Crippen molar-refractivity contribution in [3.8, 4) is 0 Å². The minimum atomic E-state index is -0.0106. The van der Waals surface area contributed by atoms with Gasteiger partial charge in [-0.1, -0.05) is 13.8 Å². The molecule has 0 fully saturated rings. The van der Waals surface area contributed by atoms with E-state index in [1.54, 1.807) is 13.3 Å². The van der Waals surface area contributed by atoms with Crippen LogP contribution in [0.15, 0.2) is 6.20 Å². The highest BCUT2D eigenvalue weighted by Gasteiger charge is 2.11. The molecule has 1 aromatic rings. The van der Waals surface area contributed by atoms with Crippen molar-refractivity contribution in [1.82, 2.24) is 10.2 Å². The lowest BCUT2D eigenvalue weighted by molar-refractivity contribution is -0.117. The van der Waals surface area contributed by atoms with Crippen LogP contribution in [0, 0.1) is 5.92 Å². The Labute approximate surface area is 95.6 Å². The molecule has 90 valence electrons. The third-order valence-corrected chi connectivity index (χ3v) is 2.35. The molecule has 1 atom stereocenters. The fourth-order valence-corrected chi connectivity index (χ4v) is 1.54. The highest BCUT2D eigenvalue weighted by Crippen LogP contribution is 2.12. The summed E-state index contributed by atoms with van der Waals surface area (Å²) < 4.78 is 4.98. The summed E-state index contributed by atoms with van der Waals surface area (Å²) in [6.45, 7) is 4.60. The van der Waals surface area contributed by atoms with Crippen molar-refractivity contribution < 1.29 is 9.53 Å². The number of aromatic nitrogens is 2. The standard InChI is InChI=1S/C11H19N3O2/c1-4-9-6-12-14-11(9)13-10(15)5-8(2)7-16-3/h6,8H,4-5,7H2,1-3H3,(H2,12,13,14,15). The monoisotopic (exact) mass is 225 g/mol. The van der Waals surface area contributed by atoms with E-state index >= 15 is 0 Å². The van der Waals surface area contributed by atoms with Crippen LogP contribution in [0.2, 0.25) is 0 Å². The highest BCUT2D eigenvalue weighted by atomic mass is 16.5.